The van der Waals surface area contributed by atoms with Crippen LogP contribution in [0.1, 0.15) is 5.56 Å². The maximum atomic E-state index is 12.2. The predicted molar refractivity (Wildman–Crippen MR) is 72.1 cm³/mol. The maximum Gasteiger partial charge on any atom is 0.326 e. The van der Waals surface area contributed by atoms with Gasteiger partial charge in [-0.1, -0.05) is 0 Å². The SMILES string of the molecule is O=C1NC(=O)/C(=C/c2cnn3ccc(NCCF)nc23)N1. The Kier molecular flexibility index (Phi) is 3.22. The third-order valence-electron chi connectivity index (χ3n) is 2.82. The van der Waals surface area contributed by atoms with Crippen molar-refractivity contribution in [1.82, 2.24) is 25.2 Å². The van der Waals surface area contributed by atoms with Gasteiger partial charge in [-0.15, -0.1) is 0 Å². The lowest BCUT2D eigenvalue weighted by atomic mass is 10.2. The Morgan fingerprint density at radius 2 is 2.24 bits per heavy atom. The van der Waals surface area contributed by atoms with Gasteiger partial charge in [0.05, 0.1) is 6.20 Å². The summed E-state index contributed by atoms with van der Waals surface area (Å²) in [5.74, 6) is -0.00809. The molecule has 3 rings (SSSR count). The molecule has 1 fully saturated rings. The van der Waals surface area contributed by atoms with Crippen LogP contribution in [0.4, 0.5) is 15.0 Å². The molecule has 0 aliphatic carbocycles. The topological polar surface area (TPSA) is 100 Å². The zero-order chi connectivity index (χ0) is 14.8. The second-order valence-corrected chi connectivity index (χ2v) is 4.26. The highest BCUT2D eigenvalue weighted by Crippen LogP contribution is 2.15. The average molecular weight is 290 g/mol. The van der Waals surface area contributed by atoms with Crippen LogP contribution >= 0.6 is 0 Å². The summed E-state index contributed by atoms with van der Waals surface area (Å²) < 4.78 is 13.7. The molecule has 2 aromatic rings. The van der Waals surface area contributed by atoms with Crippen LogP contribution < -0.4 is 16.0 Å². The number of urea groups is 1. The van der Waals surface area contributed by atoms with E-state index >= 15 is 0 Å². The molecule has 1 aliphatic heterocycles. The fraction of sp³-hybridized carbons (Fsp3) is 0.167. The normalized spacial score (nSPS) is 16.3. The van der Waals surface area contributed by atoms with Crippen molar-refractivity contribution >= 4 is 29.5 Å². The van der Waals surface area contributed by atoms with E-state index in [1.54, 1.807) is 12.3 Å². The molecule has 3 heterocycles. The molecule has 1 aliphatic rings. The van der Waals surface area contributed by atoms with Crippen LogP contribution in [-0.2, 0) is 4.79 Å². The Labute approximate surface area is 118 Å². The number of anilines is 1. The molecule has 2 aromatic heterocycles. The van der Waals surface area contributed by atoms with Crippen molar-refractivity contribution in [2.75, 3.05) is 18.5 Å². The maximum absolute atomic E-state index is 12.2. The van der Waals surface area contributed by atoms with E-state index in [1.807, 2.05) is 0 Å². The van der Waals surface area contributed by atoms with Crippen LogP contribution in [0.25, 0.3) is 11.7 Å². The second kappa shape index (κ2) is 5.19. The quantitative estimate of drug-likeness (QED) is 0.555. The lowest BCUT2D eigenvalue weighted by Crippen LogP contribution is -2.22. The number of hydrogen-bond acceptors (Lipinski definition) is 5. The summed E-state index contributed by atoms with van der Waals surface area (Å²) in [6.45, 7) is -0.346. The number of nitrogens with zero attached hydrogens (tertiary/aromatic N) is 3. The van der Waals surface area contributed by atoms with Crippen LogP contribution in [0.2, 0.25) is 0 Å². The summed E-state index contributed by atoms with van der Waals surface area (Å²) in [7, 11) is 0. The van der Waals surface area contributed by atoms with Gasteiger partial charge in [0.15, 0.2) is 5.65 Å². The molecule has 0 aromatic carbocycles. The van der Waals surface area contributed by atoms with Crippen molar-refractivity contribution in [3.05, 3.63) is 29.7 Å². The first-order valence-corrected chi connectivity index (χ1v) is 6.15. The molecule has 1 saturated heterocycles. The number of carbonyl (C=O) groups is 2. The van der Waals surface area contributed by atoms with Gasteiger partial charge in [0.2, 0.25) is 0 Å². The van der Waals surface area contributed by atoms with Gasteiger partial charge in [0.25, 0.3) is 5.91 Å². The van der Waals surface area contributed by atoms with E-state index in [1.165, 1.54) is 16.8 Å². The number of fused-ring (bicyclic) bond motifs is 1. The van der Waals surface area contributed by atoms with E-state index in [2.05, 4.69) is 26.0 Å². The highest BCUT2D eigenvalue weighted by molar-refractivity contribution is 6.14. The molecule has 21 heavy (non-hydrogen) atoms. The molecule has 0 spiro atoms. The van der Waals surface area contributed by atoms with Gasteiger partial charge in [-0.25, -0.2) is 18.7 Å². The van der Waals surface area contributed by atoms with E-state index in [4.69, 9.17) is 0 Å². The van der Waals surface area contributed by atoms with Gasteiger partial charge in [-0.3, -0.25) is 10.1 Å². The van der Waals surface area contributed by atoms with E-state index in [-0.39, 0.29) is 12.2 Å². The zero-order valence-corrected chi connectivity index (χ0v) is 10.8. The Morgan fingerprint density at radius 3 is 2.95 bits per heavy atom. The van der Waals surface area contributed by atoms with Gasteiger partial charge in [-0.2, -0.15) is 5.10 Å². The Morgan fingerprint density at radius 1 is 1.38 bits per heavy atom. The molecule has 0 atom stereocenters. The molecule has 8 nitrogen and oxygen atoms in total. The van der Waals surface area contributed by atoms with Crippen molar-refractivity contribution in [3.8, 4) is 0 Å². The number of nitrogens with one attached hydrogen (secondary N) is 3. The summed E-state index contributed by atoms with van der Waals surface area (Å²) >= 11 is 0. The second-order valence-electron chi connectivity index (χ2n) is 4.26. The van der Waals surface area contributed by atoms with Crippen LogP contribution in [0.3, 0.4) is 0 Å². The molecule has 3 amide bonds. The number of amides is 3. The smallest absolute Gasteiger partial charge is 0.326 e. The predicted octanol–water partition coefficient (Wildman–Crippen LogP) is 0.291. The highest BCUT2D eigenvalue weighted by atomic mass is 19.1. The molecule has 0 unspecified atom stereocenters. The summed E-state index contributed by atoms with van der Waals surface area (Å²) in [6, 6.07) is 1.09. The Balaban J connectivity index is 1.97. The first-order chi connectivity index (χ1) is 10.2. The monoisotopic (exact) mass is 290 g/mol. The van der Waals surface area contributed by atoms with Crippen LogP contribution in [0.5, 0.6) is 0 Å². The van der Waals surface area contributed by atoms with Crippen molar-refractivity contribution in [1.29, 1.82) is 0 Å². The van der Waals surface area contributed by atoms with Crippen molar-refractivity contribution < 1.29 is 14.0 Å². The number of carbonyl (C=O) groups excluding carboxylic acids is 2. The fourth-order valence-electron chi connectivity index (χ4n) is 1.90. The number of halogens is 1. The third-order valence-corrected chi connectivity index (χ3v) is 2.82. The van der Waals surface area contributed by atoms with Gasteiger partial charge < -0.3 is 10.6 Å². The third kappa shape index (κ3) is 2.53. The lowest BCUT2D eigenvalue weighted by molar-refractivity contribution is -0.115. The van der Waals surface area contributed by atoms with Crippen molar-refractivity contribution in [2.24, 2.45) is 0 Å². The minimum Gasteiger partial charge on any atom is -0.367 e. The molecule has 3 N–H and O–H groups in total. The summed E-state index contributed by atoms with van der Waals surface area (Å²) in [4.78, 5) is 26.8. The first-order valence-electron chi connectivity index (χ1n) is 6.15. The van der Waals surface area contributed by atoms with Crippen LogP contribution in [0, 0.1) is 0 Å². The van der Waals surface area contributed by atoms with Gasteiger partial charge in [0.1, 0.15) is 18.2 Å². The van der Waals surface area contributed by atoms with E-state index in [0.29, 0.717) is 17.0 Å². The number of hydrogen-bond donors (Lipinski definition) is 3. The standard InChI is InChI=1S/C12H11FN6O2/c13-2-3-14-9-1-4-19-10(17-9)7(6-15-19)5-8-11(20)18-12(21)16-8/h1,4-6H,2-3H2,(H,14,17)(H2,16,18,20,21)/b8-5-. The molecule has 0 bridgehead atoms. The van der Waals surface area contributed by atoms with Gasteiger partial charge >= 0.3 is 6.03 Å². The zero-order valence-electron chi connectivity index (χ0n) is 10.8. The number of aromatic nitrogens is 3. The molecule has 108 valence electrons. The summed E-state index contributed by atoms with van der Waals surface area (Å²) in [5.41, 5.74) is 1.17. The van der Waals surface area contributed by atoms with E-state index < -0.39 is 18.6 Å². The highest BCUT2D eigenvalue weighted by Gasteiger charge is 2.23. The minimum atomic E-state index is -0.569. The van der Waals surface area contributed by atoms with Crippen molar-refractivity contribution in [3.63, 3.8) is 0 Å². The lowest BCUT2D eigenvalue weighted by Gasteiger charge is -2.03. The Bertz CT molecular complexity index is 753. The van der Waals surface area contributed by atoms with Gasteiger partial charge in [0, 0.05) is 18.3 Å². The summed E-state index contributed by atoms with van der Waals surface area (Å²) in [6.07, 6.45) is 4.67. The van der Waals surface area contributed by atoms with E-state index in [9.17, 15) is 14.0 Å². The molecular weight excluding hydrogens is 279 g/mol. The molecule has 9 heteroatoms. The van der Waals surface area contributed by atoms with Gasteiger partial charge in [-0.05, 0) is 12.1 Å². The number of rotatable bonds is 4. The largest absolute Gasteiger partial charge is 0.367 e. The van der Waals surface area contributed by atoms with Crippen LogP contribution in [0.15, 0.2) is 24.2 Å². The summed E-state index contributed by atoms with van der Waals surface area (Å²) in [5, 5.41) is 11.4. The molecule has 0 radical (unpaired) electrons. The van der Waals surface area contributed by atoms with Crippen molar-refractivity contribution in [2.45, 2.75) is 0 Å². The molecular formula is C12H11FN6O2. The number of alkyl halides is 1. The number of imide groups is 1. The average Bonchev–Trinajstić information content (AvgIpc) is 3.00. The fourth-order valence-corrected chi connectivity index (χ4v) is 1.90. The minimum absolute atomic E-state index is 0.124. The molecule has 0 saturated carbocycles. The Hall–Kier alpha value is -2.97. The van der Waals surface area contributed by atoms with E-state index in [0.717, 1.165) is 0 Å². The first kappa shape index (κ1) is 13.0. The van der Waals surface area contributed by atoms with Crippen LogP contribution in [-0.4, -0.2) is 39.8 Å².